The van der Waals surface area contributed by atoms with Crippen LogP contribution < -0.4 is 5.32 Å². The van der Waals surface area contributed by atoms with Crippen LogP contribution in [0.15, 0.2) is 36.5 Å². The van der Waals surface area contributed by atoms with E-state index in [0.29, 0.717) is 0 Å². The van der Waals surface area contributed by atoms with Gasteiger partial charge >= 0.3 is 5.82 Å². The fourth-order valence-electron chi connectivity index (χ4n) is 2.99. The van der Waals surface area contributed by atoms with Gasteiger partial charge in [-0.15, -0.1) is 0 Å². The molecular formula is C16H18N4O3. The highest BCUT2D eigenvalue weighted by atomic mass is 16.6. The first kappa shape index (κ1) is 15.2. The van der Waals surface area contributed by atoms with Gasteiger partial charge in [-0.2, -0.15) is 4.68 Å². The van der Waals surface area contributed by atoms with E-state index in [9.17, 15) is 14.9 Å². The summed E-state index contributed by atoms with van der Waals surface area (Å²) in [5.74, 6) is -0.442. The van der Waals surface area contributed by atoms with E-state index in [-0.39, 0.29) is 24.3 Å². The number of fused-ring (bicyclic) bond motifs is 1. The van der Waals surface area contributed by atoms with E-state index in [1.165, 1.54) is 28.1 Å². The van der Waals surface area contributed by atoms with Crippen molar-refractivity contribution >= 4 is 11.7 Å². The second-order valence-corrected chi connectivity index (χ2v) is 5.69. The first-order valence-corrected chi connectivity index (χ1v) is 7.68. The third kappa shape index (κ3) is 3.56. The second kappa shape index (κ2) is 6.60. The van der Waals surface area contributed by atoms with E-state index < -0.39 is 4.92 Å². The molecule has 0 bridgehead atoms. The Hall–Kier alpha value is -2.70. The molecule has 120 valence electrons. The first-order valence-electron chi connectivity index (χ1n) is 7.68. The van der Waals surface area contributed by atoms with Crippen molar-refractivity contribution in [1.82, 2.24) is 15.1 Å². The molecule has 0 unspecified atom stereocenters. The molecule has 0 radical (unpaired) electrons. The summed E-state index contributed by atoms with van der Waals surface area (Å²) in [6.07, 6.45) is 5.57. The quantitative estimate of drug-likeness (QED) is 0.533. The predicted molar refractivity (Wildman–Crippen MR) is 83.8 cm³/mol. The van der Waals surface area contributed by atoms with Gasteiger partial charge in [0.25, 0.3) is 0 Å². The lowest BCUT2D eigenvalue weighted by Crippen LogP contribution is -2.31. The summed E-state index contributed by atoms with van der Waals surface area (Å²) < 4.78 is 1.29. The van der Waals surface area contributed by atoms with Crippen LogP contribution in [-0.4, -0.2) is 20.6 Å². The Bertz CT molecular complexity index is 726. The third-order valence-corrected chi connectivity index (χ3v) is 4.07. The Kier molecular flexibility index (Phi) is 4.36. The maximum Gasteiger partial charge on any atom is 0.389 e. The van der Waals surface area contributed by atoms with E-state index >= 15 is 0 Å². The van der Waals surface area contributed by atoms with E-state index in [0.717, 1.165) is 25.7 Å². The highest BCUT2D eigenvalue weighted by Gasteiger charge is 2.21. The number of benzene rings is 1. The molecule has 0 saturated heterocycles. The number of aryl methyl sites for hydroxylation is 1. The molecule has 1 aromatic carbocycles. The summed E-state index contributed by atoms with van der Waals surface area (Å²) in [4.78, 5) is 22.3. The molecule has 3 rings (SSSR count). The van der Waals surface area contributed by atoms with E-state index in [4.69, 9.17) is 0 Å². The lowest BCUT2D eigenvalue weighted by molar-refractivity contribution is -0.389. The SMILES string of the molecule is O=C(Cn1ccc([N+](=O)[O-])n1)N[C@@H]1CCCCc2ccccc21. The molecule has 1 aliphatic rings. The molecule has 23 heavy (non-hydrogen) atoms. The highest BCUT2D eigenvalue weighted by molar-refractivity contribution is 5.76. The molecule has 7 heteroatoms. The van der Waals surface area contributed by atoms with Gasteiger partial charge in [-0.25, -0.2) is 0 Å². The predicted octanol–water partition coefficient (Wildman–Crippen LogP) is 2.38. The maximum atomic E-state index is 12.2. The Balaban J connectivity index is 1.68. The van der Waals surface area contributed by atoms with Gasteiger partial charge in [-0.3, -0.25) is 4.79 Å². The van der Waals surface area contributed by atoms with Gasteiger partial charge in [0.05, 0.1) is 23.4 Å². The van der Waals surface area contributed by atoms with Crippen molar-refractivity contribution in [2.45, 2.75) is 38.3 Å². The number of hydrogen-bond acceptors (Lipinski definition) is 4. The van der Waals surface area contributed by atoms with Gasteiger partial charge in [-0.1, -0.05) is 30.7 Å². The summed E-state index contributed by atoms with van der Waals surface area (Å²) in [6.45, 7) is -0.0213. The minimum atomic E-state index is -0.573. The zero-order valence-corrected chi connectivity index (χ0v) is 12.6. The molecule has 0 aliphatic heterocycles. The molecule has 0 fully saturated rings. The molecule has 2 aromatic rings. The minimum absolute atomic E-state index is 0.00764. The summed E-state index contributed by atoms with van der Waals surface area (Å²) in [5, 5.41) is 17.4. The largest absolute Gasteiger partial charge is 0.389 e. The van der Waals surface area contributed by atoms with Gasteiger partial charge in [0, 0.05) is 0 Å². The van der Waals surface area contributed by atoms with Crippen LogP contribution in [-0.2, 0) is 17.8 Å². The number of hydrogen-bond donors (Lipinski definition) is 1. The van der Waals surface area contributed by atoms with Crippen molar-refractivity contribution in [2.24, 2.45) is 0 Å². The summed E-state index contributed by atoms with van der Waals surface area (Å²) >= 11 is 0. The van der Waals surface area contributed by atoms with E-state index in [1.54, 1.807) is 0 Å². The van der Waals surface area contributed by atoms with Crippen molar-refractivity contribution < 1.29 is 9.72 Å². The van der Waals surface area contributed by atoms with Gasteiger partial charge in [0.2, 0.25) is 5.91 Å². The average Bonchev–Trinajstić information content (AvgIpc) is 2.90. The number of nitro groups is 1. The molecule has 1 heterocycles. The van der Waals surface area contributed by atoms with Crippen LogP contribution in [0.3, 0.4) is 0 Å². The van der Waals surface area contributed by atoms with Crippen LogP contribution in [0.2, 0.25) is 0 Å². The van der Waals surface area contributed by atoms with Gasteiger partial charge in [-0.05, 0) is 35.3 Å². The number of nitrogens with zero attached hydrogens (tertiary/aromatic N) is 3. The smallest absolute Gasteiger partial charge is 0.358 e. The van der Waals surface area contributed by atoms with Gasteiger partial charge in [0.1, 0.15) is 6.54 Å². The van der Waals surface area contributed by atoms with Crippen LogP contribution in [0, 0.1) is 10.1 Å². The number of carbonyl (C=O) groups is 1. The normalized spacial score (nSPS) is 17.1. The number of rotatable bonds is 4. The zero-order valence-electron chi connectivity index (χ0n) is 12.6. The minimum Gasteiger partial charge on any atom is -0.358 e. The summed E-state index contributed by atoms with van der Waals surface area (Å²) in [6, 6.07) is 9.45. The van der Waals surface area contributed by atoms with Crippen LogP contribution >= 0.6 is 0 Å². The van der Waals surface area contributed by atoms with Crippen molar-refractivity contribution in [3.05, 3.63) is 57.8 Å². The summed E-state index contributed by atoms with van der Waals surface area (Å²) in [5.41, 5.74) is 2.45. The Labute approximate surface area is 133 Å². The molecule has 1 atom stereocenters. The molecule has 1 aliphatic carbocycles. The van der Waals surface area contributed by atoms with E-state index in [2.05, 4.69) is 22.5 Å². The Morgan fingerprint density at radius 2 is 2.17 bits per heavy atom. The van der Waals surface area contributed by atoms with Crippen LogP contribution in [0.1, 0.15) is 36.4 Å². The Morgan fingerprint density at radius 1 is 1.35 bits per heavy atom. The third-order valence-electron chi connectivity index (χ3n) is 4.07. The number of aromatic nitrogens is 2. The topological polar surface area (TPSA) is 90.1 Å². The van der Waals surface area contributed by atoms with Gasteiger partial charge < -0.3 is 15.4 Å². The van der Waals surface area contributed by atoms with Crippen LogP contribution in [0.25, 0.3) is 0 Å². The number of amides is 1. The molecule has 0 spiro atoms. The van der Waals surface area contributed by atoms with Crippen LogP contribution in [0.4, 0.5) is 5.82 Å². The van der Waals surface area contributed by atoms with E-state index in [1.807, 2.05) is 12.1 Å². The Morgan fingerprint density at radius 3 is 2.96 bits per heavy atom. The molecular weight excluding hydrogens is 296 g/mol. The lowest BCUT2D eigenvalue weighted by Gasteiger charge is -2.19. The highest BCUT2D eigenvalue weighted by Crippen LogP contribution is 2.28. The molecule has 1 amide bonds. The number of nitrogens with one attached hydrogen (secondary N) is 1. The van der Waals surface area contributed by atoms with Crippen molar-refractivity contribution in [3.63, 3.8) is 0 Å². The van der Waals surface area contributed by atoms with Gasteiger partial charge in [0.15, 0.2) is 0 Å². The monoisotopic (exact) mass is 314 g/mol. The maximum absolute atomic E-state index is 12.2. The van der Waals surface area contributed by atoms with Crippen molar-refractivity contribution in [1.29, 1.82) is 0 Å². The van der Waals surface area contributed by atoms with Crippen molar-refractivity contribution in [3.8, 4) is 0 Å². The lowest BCUT2D eigenvalue weighted by atomic mass is 9.99. The first-order chi connectivity index (χ1) is 11.1. The second-order valence-electron chi connectivity index (χ2n) is 5.69. The fraction of sp³-hybridized carbons (Fsp3) is 0.375. The van der Waals surface area contributed by atoms with Crippen LogP contribution in [0.5, 0.6) is 0 Å². The standard InChI is InChI=1S/C16H18N4O3/c21-16(11-19-10-9-15(18-19)20(22)23)17-14-8-4-2-6-12-5-1-3-7-13(12)14/h1,3,5,7,9-10,14H,2,4,6,8,11H2,(H,17,21)/t14-/m1/s1. The molecule has 7 nitrogen and oxygen atoms in total. The number of carbonyl (C=O) groups excluding carboxylic acids is 1. The zero-order chi connectivity index (χ0) is 16.2. The fourth-order valence-corrected chi connectivity index (χ4v) is 2.99. The molecule has 1 aromatic heterocycles. The molecule has 1 N–H and O–H groups in total. The average molecular weight is 314 g/mol. The molecule has 0 saturated carbocycles. The summed E-state index contributed by atoms with van der Waals surface area (Å²) in [7, 11) is 0. The van der Waals surface area contributed by atoms with Crippen molar-refractivity contribution in [2.75, 3.05) is 0 Å².